The Morgan fingerprint density at radius 1 is 1.15 bits per heavy atom. The first kappa shape index (κ1) is 19.9. The first-order valence-electron chi connectivity index (χ1n) is 7.61. The summed E-state index contributed by atoms with van der Waals surface area (Å²) in [7, 11) is -4.39. The van der Waals surface area contributed by atoms with E-state index in [4.69, 9.17) is 0 Å². The molecule has 0 aliphatic rings. The monoisotopic (exact) mass is 386 g/mol. The predicted octanol–water partition coefficient (Wildman–Crippen LogP) is 3.78. The number of rotatable bonds is 4. The van der Waals surface area contributed by atoms with Crippen molar-refractivity contribution < 1.29 is 26.4 Å². The van der Waals surface area contributed by atoms with Crippen LogP contribution in [0.4, 0.5) is 18.9 Å². The van der Waals surface area contributed by atoms with Gasteiger partial charge in [0.15, 0.2) is 5.03 Å². The number of anilines is 1. The zero-order valence-electron chi connectivity index (χ0n) is 14.3. The standard InChI is InChI=1S/C17H17F3N2O3S/c1-11(2)12-6-4-7-13(10-12)22(3)16(23)14-8-5-9-21-15(14)26(24,25)17(18,19)20/h4-11H,1-3H3. The largest absolute Gasteiger partial charge is 0.503 e. The van der Waals surface area contributed by atoms with Crippen LogP contribution in [0.3, 0.4) is 0 Å². The number of sulfone groups is 1. The summed E-state index contributed by atoms with van der Waals surface area (Å²) in [5.74, 6) is -0.722. The lowest BCUT2D eigenvalue weighted by atomic mass is 10.0. The van der Waals surface area contributed by atoms with E-state index < -0.39 is 31.8 Å². The molecule has 2 rings (SSSR count). The van der Waals surface area contributed by atoms with E-state index in [9.17, 15) is 26.4 Å². The number of carbonyl (C=O) groups excluding carboxylic acids is 1. The van der Waals surface area contributed by atoms with Crippen LogP contribution in [0.2, 0.25) is 0 Å². The third-order valence-electron chi connectivity index (χ3n) is 3.79. The number of benzene rings is 1. The van der Waals surface area contributed by atoms with Crippen molar-refractivity contribution in [2.45, 2.75) is 30.3 Å². The maximum absolute atomic E-state index is 12.9. The van der Waals surface area contributed by atoms with Gasteiger partial charge in [0.25, 0.3) is 15.7 Å². The van der Waals surface area contributed by atoms with Gasteiger partial charge in [0.1, 0.15) is 0 Å². The van der Waals surface area contributed by atoms with Crippen LogP contribution in [-0.2, 0) is 9.84 Å². The number of carbonyl (C=O) groups is 1. The molecule has 0 N–H and O–H groups in total. The molecule has 1 aromatic carbocycles. The molecule has 0 aliphatic carbocycles. The molecule has 5 nitrogen and oxygen atoms in total. The molecule has 0 fully saturated rings. The Labute approximate surface area is 149 Å². The quantitative estimate of drug-likeness (QED) is 0.802. The van der Waals surface area contributed by atoms with Gasteiger partial charge in [0, 0.05) is 18.9 Å². The molecule has 0 saturated heterocycles. The topological polar surface area (TPSA) is 67.3 Å². The number of pyridine rings is 1. The molecule has 0 aliphatic heterocycles. The van der Waals surface area contributed by atoms with Crippen LogP contribution >= 0.6 is 0 Å². The van der Waals surface area contributed by atoms with Crippen LogP contribution in [0.5, 0.6) is 0 Å². The van der Waals surface area contributed by atoms with Gasteiger partial charge in [-0.25, -0.2) is 13.4 Å². The van der Waals surface area contributed by atoms with E-state index in [0.29, 0.717) is 5.69 Å². The van der Waals surface area contributed by atoms with Crippen molar-refractivity contribution in [1.29, 1.82) is 0 Å². The fraction of sp³-hybridized carbons (Fsp3) is 0.294. The summed E-state index contributed by atoms with van der Waals surface area (Å²) >= 11 is 0. The summed E-state index contributed by atoms with van der Waals surface area (Å²) in [5.41, 5.74) is -4.83. The minimum Gasteiger partial charge on any atom is -0.311 e. The van der Waals surface area contributed by atoms with Gasteiger partial charge in [-0.05, 0) is 35.7 Å². The minimum atomic E-state index is -5.75. The Hall–Kier alpha value is -2.42. The van der Waals surface area contributed by atoms with Crippen molar-refractivity contribution >= 4 is 21.4 Å². The second-order valence-electron chi connectivity index (χ2n) is 5.92. The summed E-state index contributed by atoms with van der Waals surface area (Å²) in [5, 5.41) is -1.30. The average molecular weight is 386 g/mol. The Kier molecular flexibility index (Phi) is 5.41. The zero-order chi connectivity index (χ0) is 19.7. The lowest BCUT2D eigenvalue weighted by Crippen LogP contribution is -2.31. The van der Waals surface area contributed by atoms with Gasteiger partial charge in [-0.15, -0.1) is 0 Å². The average Bonchev–Trinajstić information content (AvgIpc) is 2.59. The summed E-state index contributed by atoms with van der Waals surface area (Å²) in [4.78, 5) is 17.1. The number of alkyl halides is 3. The van der Waals surface area contributed by atoms with Gasteiger partial charge < -0.3 is 4.90 Å². The Bertz CT molecular complexity index is 925. The molecule has 0 radical (unpaired) electrons. The van der Waals surface area contributed by atoms with Crippen molar-refractivity contribution in [1.82, 2.24) is 4.98 Å². The third-order valence-corrected chi connectivity index (χ3v) is 5.23. The van der Waals surface area contributed by atoms with Gasteiger partial charge in [0.2, 0.25) is 0 Å². The highest BCUT2D eigenvalue weighted by molar-refractivity contribution is 7.92. The van der Waals surface area contributed by atoms with Gasteiger partial charge in [-0.3, -0.25) is 4.79 Å². The molecule has 0 bridgehead atoms. The highest BCUT2D eigenvalue weighted by Crippen LogP contribution is 2.31. The fourth-order valence-corrected chi connectivity index (χ4v) is 3.13. The molecule has 1 aromatic heterocycles. The van der Waals surface area contributed by atoms with E-state index in [0.717, 1.165) is 22.7 Å². The first-order valence-corrected chi connectivity index (χ1v) is 9.09. The van der Waals surface area contributed by atoms with E-state index in [-0.39, 0.29) is 5.92 Å². The molecule has 140 valence electrons. The van der Waals surface area contributed by atoms with Crippen molar-refractivity contribution in [2.75, 3.05) is 11.9 Å². The lowest BCUT2D eigenvalue weighted by Gasteiger charge is -2.20. The molecule has 0 spiro atoms. The van der Waals surface area contributed by atoms with Gasteiger partial charge in [0.05, 0.1) is 5.56 Å². The van der Waals surface area contributed by atoms with Crippen LogP contribution < -0.4 is 4.90 Å². The second-order valence-corrected chi connectivity index (χ2v) is 7.78. The van der Waals surface area contributed by atoms with Crippen LogP contribution in [0, 0.1) is 0 Å². The molecule has 26 heavy (non-hydrogen) atoms. The van der Waals surface area contributed by atoms with E-state index in [1.807, 2.05) is 19.9 Å². The Balaban J connectivity index is 2.50. The highest BCUT2D eigenvalue weighted by Gasteiger charge is 2.49. The SMILES string of the molecule is CC(C)c1cccc(N(C)C(=O)c2cccnc2S(=O)(=O)C(F)(F)F)c1. The predicted molar refractivity (Wildman–Crippen MR) is 90.7 cm³/mol. The molecular formula is C17H17F3N2O3S. The number of nitrogens with zero attached hydrogens (tertiary/aromatic N) is 2. The van der Waals surface area contributed by atoms with Crippen molar-refractivity contribution in [3.63, 3.8) is 0 Å². The number of halogens is 3. The summed E-state index contributed by atoms with van der Waals surface area (Å²) in [6.07, 6.45) is 0.898. The van der Waals surface area contributed by atoms with Crippen LogP contribution in [0.1, 0.15) is 35.7 Å². The fourth-order valence-electron chi connectivity index (χ4n) is 2.27. The lowest BCUT2D eigenvalue weighted by molar-refractivity contribution is -0.0438. The van der Waals surface area contributed by atoms with Crippen LogP contribution in [-0.4, -0.2) is 31.9 Å². The molecule has 2 aromatic rings. The van der Waals surface area contributed by atoms with E-state index in [1.54, 1.807) is 18.2 Å². The van der Waals surface area contributed by atoms with Crippen molar-refractivity contribution in [3.8, 4) is 0 Å². The molecule has 1 amide bonds. The Morgan fingerprint density at radius 3 is 2.38 bits per heavy atom. The number of aromatic nitrogens is 1. The van der Waals surface area contributed by atoms with Crippen molar-refractivity contribution in [3.05, 3.63) is 53.7 Å². The first-order chi connectivity index (χ1) is 12.0. The maximum atomic E-state index is 12.9. The maximum Gasteiger partial charge on any atom is 0.503 e. The Morgan fingerprint density at radius 2 is 1.81 bits per heavy atom. The zero-order valence-corrected chi connectivity index (χ0v) is 15.1. The summed E-state index contributed by atoms with van der Waals surface area (Å²) < 4.78 is 62.1. The minimum absolute atomic E-state index is 0.179. The molecule has 0 unspecified atom stereocenters. The summed E-state index contributed by atoms with van der Waals surface area (Å²) in [6, 6.07) is 9.12. The molecule has 9 heteroatoms. The smallest absolute Gasteiger partial charge is 0.311 e. The molecule has 1 heterocycles. The van der Waals surface area contributed by atoms with Crippen LogP contribution in [0.15, 0.2) is 47.6 Å². The third kappa shape index (κ3) is 3.72. The van der Waals surface area contributed by atoms with Crippen molar-refractivity contribution in [2.24, 2.45) is 0 Å². The highest BCUT2D eigenvalue weighted by atomic mass is 32.2. The van der Waals surface area contributed by atoms with Gasteiger partial charge in [-0.2, -0.15) is 13.2 Å². The number of amides is 1. The van der Waals surface area contributed by atoms with E-state index in [1.165, 1.54) is 13.1 Å². The molecular weight excluding hydrogens is 369 g/mol. The van der Waals surface area contributed by atoms with Gasteiger partial charge in [-0.1, -0.05) is 26.0 Å². The summed E-state index contributed by atoms with van der Waals surface area (Å²) in [6.45, 7) is 3.91. The van der Waals surface area contributed by atoms with Crippen LogP contribution in [0.25, 0.3) is 0 Å². The van der Waals surface area contributed by atoms with E-state index in [2.05, 4.69) is 4.98 Å². The molecule has 0 atom stereocenters. The second kappa shape index (κ2) is 7.06. The van der Waals surface area contributed by atoms with Gasteiger partial charge >= 0.3 is 5.51 Å². The number of hydrogen-bond acceptors (Lipinski definition) is 4. The van der Waals surface area contributed by atoms with E-state index >= 15 is 0 Å². The normalized spacial score (nSPS) is 12.3. The number of hydrogen-bond donors (Lipinski definition) is 0. The molecule has 0 saturated carbocycles.